The summed E-state index contributed by atoms with van der Waals surface area (Å²) in [5.74, 6) is 0.767. The molecular formula is C13H15N5OS. The normalized spacial score (nSPS) is 11.7. The molecule has 0 aromatic carbocycles. The number of urea groups is 1. The first-order valence-electron chi connectivity index (χ1n) is 6.06. The minimum atomic E-state index is -0.348. The zero-order valence-electron chi connectivity index (χ0n) is 11.5. The minimum absolute atomic E-state index is 0.221. The summed E-state index contributed by atoms with van der Waals surface area (Å²) in [5, 5.41) is 16.9. The molecule has 2 aromatic rings. The highest BCUT2D eigenvalue weighted by molar-refractivity contribution is 7.14. The van der Waals surface area contributed by atoms with Crippen molar-refractivity contribution in [2.45, 2.75) is 19.9 Å². The fourth-order valence-electron chi connectivity index (χ4n) is 1.87. The Balaban J connectivity index is 2.03. The van der Waals surface area contributed by atoms with Gasteiger partial charge in [0.05, 0.1) is 11.6 Å². The second-order valence-electron chi connectivity index (χ2n) is 4.45. The average Bonchev–Trinajstić information content (AvgIpc) is 2.96. The van der Waals surface area contributed by atoms with Crippen LogP contribution in [0.2, 0.25) is 0 Å². The van der Waals surface area contributed by atoms with Gasteiger partial charge in [-0.3, -0.25) is 5.32 Å². The van der Waals surface area contributed by atoms with Crippen LogP contribution in [0.25, 0.3) is 0 Å². The molecule has 20 heavy (non-hydrogen) atoms. The maximum absolute atomic E-state index is 11.9. The van der Waals surface area contributed by atoms with E-state index in [0.717, 1.165) is 11.4 Å². The van der Waals surface area contributed by atoms with Crippen molar-refractivity contribution < 1.29 is 4.79 Å². The predicted octanol–water partition coefficient (Wildman–Crippen LogP) is 2.54. The third-order valence-corrected chi connectivity index (χ3v) is 3.92. The van der Waals surface area contributed by atoms with Gasteiger partial charge in [0.15, 0.2) is 0 Å². The lowest BCUT2D eigenvalue weighted by Gasteiger charge is -2.14. The van der Waals surface area contributed by atoms with E-state index in [4.69, 9.17) is 5.26 Å². The van der Waals surface area contributed by atoms with E-state index in [1.54, 1.807) is 6.20 Å². The molecule has 2 amide bonds. The van der Waals surface area contributed by atoms with Gasteiger partial charge in [-0.2, -0.15) is 5.26 Å². The highest BCUT2D eigenvalue weighted by Gasteiger charge is 2.15. The predicted molar refractivity (Wildman–Crippen MR) is 77.5 cm³/mol. The number of aromatic nitrogens is 2. The first-order valence-corrected chi connectivity index (χ1v) is 6.93. The van der Waals surface area contributed by atoms with Gasteiger partial charge >= 0.3 is 6.03 Å². The maximum atomic E-state index is 11.9. The molecule has 6 nitrogen and oxygen atoms in total. The molecule has 2 rings (SSSR count). The fraction of sp³-hybridized carbons (Fsp3) is 0.308. The summed E-state index contributed by atoms with van der Waals surface area (Å²) in [6.45, 7) is 3.70. The van der Waals surface area contributed by atoms with E-state index in [1.165, 1.54) is 11.3 Å². The second kappa shape index (κ2) is 5.75. The van der Waals surface area contributed by atoms with Crippen molar-refractivity contribution in [3.8, 4) is 6.07 Å². The van der Waals surface area contributed by atoms with Crippen LogP contribution in [0.5, 0.6) is 0 Å². The molecule has 2 N–H and O–H groups in total. The van der Waals surface area contributed by atoms with Crippen molar-refractivity contribution in [2.24, 2.45) is 7.05 Å². The molecule has 0 aliphatic rings. The van der Waals surface area contributed by atoms with Crippen LogP contribution < -0.4 is 10.6 Å². The first kappa shape index (κ1) is 14.1. The van der Waals surface area contributed by atoms with Gasteiger partial charge in [0.25, 0.3) is 0 Å². The number of carbonyl (C=O) groups excluding carboxylic acids is 1. The van der Waals surface area contributed by atoms with Gasteiger partial charge in [-0.1, -0.05) is 0 Å². The number of nitriles is 1. The Morgan fingerprint density at radius 3 is 2.95 bits per heavy atom. The largest absolute Gasteiger partial charge is 0.336 e. The lowest BCUT2D eigenvalue weighted by molar-refractivity contribution is 0.249. The molecule has 0 radical (unpaired) electrons. The molecule has 0 spiro atoms. The van der Waals surface area contributed by atoms with Gasteiger partial charge in [-0.05, 0) is 24.8 Å². The molecule has 0 bridgehead atoms. The third-order valence-electron chi connectivity index (χ3n) is 2.91. The Morgan fingerprint density at radius 2 is 2.35 bits per heavy atom. The summed E-state index contributed by atoms with van der Waals surface area (Å²) in [6, 6.07) is 1.52. The highest BCUT2D eigenvalue weighted by Crippen LogP contribution is 2.26. The van der Waals surface area contributed by atoms with Crippen molar-refractivity contribution in [1.82, 2.24) is 14.9 Å². The molecule has 1 atom stereocenters. The van der Waals surface area contributed by atoms with Gasteiger partial charge < -0.3 is 9.88 Å². The van der Waals surface area contributed by atoms with Gasteiger partial charge in [0.1, 0.15) is 16.9 Å². The smallest absolute Gasteiger partial charge is 0.320 e. The van der Waals surface area contributed by atoms with Gasteiger partial charge in [-0.25, -0.2) is 9.78 Å². The molecule has 2 aromatic heterocycles. The Kier molecular flexibility index (Phi) is 4.05. The second-order valence-corrected chi connectivity index (χ2v) is 5.33. The van der Waals surface area contributed by atoms with Gasteiger partial charge in [0.2, 0.25) is 0 Å². The van der Waals surface area contributed by atoms with Crippen LogP contribution in [-0.4, -0.2) is 15.6 Å². The lowest BCUT2D eigenvalue weighted by Crippen LogP contribution is -2.32. The Bertz CT molecular complexity index is 667. The number of hydrogen-bond acceptors (Lipinski definition) is 4. The number of thiophene rings is 1. The van der Waals surface area contributed by atoms with Gasteiger partial charge in [-0.15, -0.1) is 11.3 Å². The Labute approximate surface area is 121 Å². The number of hydrogen-bond donors (Lipinski definition) is 2. The topological polar surface area (TPSA) is 82.7 Å². The summed E-state index contributed by atoms with van der Waals surface area (Å²) in [5.41, 5.74) is 1.37. The number of imidazole rings is 1. The lowest BCUT2D eigenvalue weighted by atomic mass is 10.2. The molecule has 0 aliphatic carbocycles. The molecule has 7 heteroatoms. The van der Waals surface area contributed by atoms with E-state index in [-0.39, 0.29) is 12.1 Å². The Hall–Kier alpha value is -2.33. The summed E-state index contributed by atoms with van der Waals surface area (Å²) in [7, 11) is 1.87. The van der Waals surface area contributed by atoms with Crippen LogP contribution in [0, 0.1) is 18.3 Å². The van der Waals surface area contributed by atoms with Crippen LogP contribution in [0.15, 0.2) is 17.8 Å². The number of anilines is 1. The fourth-order valence-corrected chi connectivity index (χ4v) is 2.76. The molecule has 1 unspecified atom stereocenters. The van der Waals surface area contributed by atoms with Crippen LogP contribution >= 0.6 is 11.3 Å². The van der Waals surface area contributed by atoms with E-state index in [1.807, 2.05) is 37.0 Å². The SMILES string of the molecule is Cc1csc(NC(=O)NC(C)c2nccn2C)c1C#N. The van der Waals surface area contributed by atoms with Crippen LogP contribution in [0.4, 0.5) is 9.80 Å². The maximum Gasteiger partial charge on any atom is 0.320 e. The number of nitrogens with zero attached hydrogens (tertiary/aromatic N) is 3. The first-order chi connectivity index (χ1) is 9.52. The molecule has 0 saturated carbocycles. The number of carbonyl (C=O) groups is 1. The number of nitrogens with one attached hydrogen (secondary N) is 2. The van der Waals surface area contributed by atoms with E-state index in [0.29, 0.717) is 10.6 Å². The molecule has 0 fully saturated rings. The minimum Gasteiger partial charge on any atom is -0.336 e. The van der Waals surface area contributed by atoms with Gasteiger partial charge in [0, 0.05) is 19.4 Å². The van der Waals surface area contributed by atoms with Crippen LogP contribution in [0.1, 0.15) is 29.9 Å². The number of rotatable bonds is 3. The van der Waals surface area contributed by atoms with E-state index >= 15 is 0 Å². The monoisotopic (exact) mass is 289 g/mol. The summed E-state index contributed by atoms with van der Waals surface area (Å²) >= 11 is 1.34. The summed E-state index contributed by atoms with van der Waals surface area (Å²) in [6.07, 6.45) is 3.50. The summed E-state index contributed by atoms with van der Waals surface area (Å²) in [4.78, 5) is 16.1. The molecule has 104 valence electrons. The molecule has 0 aliphatic heterocycles. The van der Waals surface area contributed by atoms with Crippen molar-refractivity contribution >= 4 is 22.4 Å². The quantitative estimate of drug-likeness (QED) is 0.910. The molecular weight excluding hydrogens is 274 g/mol. The molecule has 0 saturated heterocycles. The van der Waals surface area contributed by atoms with E-state index < -0.39 is 0 Å². The standard InChI is InChI=1S/C13H15N5OS/c1-8-7-20-12(10(8)6-14)17-13(19)16-9(2)11-15-4-5-18(11)3/h4-5,7,9H,1-3H3,(H2,16,17,19). The van der Waals surface area contributed by atoms with Crippen molar-refractivity contribution in [3.63, 3.8) is 0 Å². The third kappa shape index (κ3) is 2.81. The molecule has 2 heterocycles. The van der Waals surface area contributed by atoms with Crippen molar-refractivity contribution in [3.05, 3.63) is 34.7 Å². The van der Waals surface area contributed by atoms with Crippen LogP contribution in [0.3, 0.4) is 0 Å². The number of aryl methyl sites for hydroxylation is 2. The average molecular weight is 289 g/mol. The zero-order valence-corrected chi connectivity index (χ0v) is 12.3. The van der Waals surface area contributed by atoms with E-state index in [2.05, 4.69) is 21.7 Å². The highest BCUT2D eigenvalue weighted by atomic mass is 32.1. The van der Waals surface area contributed by atoms with Crippen molar-refractivity contribution in [1.29, 1.82) is 5.26 Å². The summed E-state index contributed by atoms with van der Waals surface area (Å²) < 4.78 is 1.85. The van der Waals surface area contributed by atoms with E-state index in [9.17, 15) is 4.79 Å². The zero-order chi connectivity index (χ0) is 14.7. The Morgan fingerprint density at radius 1 is 1.60 bits per heavy atom. The number of amides is 2. The van der Waals surface area contributed by atoms with Crippen LogP contribution in [-0.2, 0) is 7.05 Å². The van der Waals surface area contributed by atoms with Crippen molar-refractivity contribution in [2.75, 3.05) is 5.32 Å².